The first kappa shape index (κ1) is 13.8. The quantitative estimate of drug-likeness (QED) is 0.767. The zero-order valence-electron chi connectivity index (χ0n) is 9.61. The first-order valence-electron chi connectivity index (χ1n) is 5.37. The topological polar surface area (TPSA) is 29.1 Å². The van der Waals surface area contributed by atoms with Gasteiger partial charge in [0.25, 0.3) is 5.91 Å². The summed E-state index contributed by atoms with van der Waals surface area (Å²) in [7, 11) is 0. The Kier molecular flexibility index (Phi) is 4.64. The van der Waals surface area contributed by atoms with E-state index in [1.807, 2.05) is 42.6 Å². The van der Waals surface area contributed by atoms with Crippen LogP contribution in [0.2, 0.25) is 5.02 Å². The van der Waals surface area contributed by atoms with Gasteiger partial charge in [0.1, 0.15) is 0 Å². The van der Waals surface area contributed by atoms with Crippen LogP contribution < -0.4 is 5.32 Å². The molecule has 18 heavy (non-hydrogen) atoms. The van der Waals surface area contributed by atoms with Crippen LogP contribution >= 0.6 is 45.5 Å². The highest BCUT2D eigenvalue weighted by molar-refractivity contribution is 14.1. The number of rotatable bonds is 3. The molecule has 5 heteroatoms. The first-order valence-corrected chi connectivity index (χ1v) is 7.71. The molecule has 0 aliphatic carbocycles. The lowest BCUT2D eigenvalue weighted by Crippen LogP contribution is -2.26. The van der Waals surface area contributed by atoms with Gasteiger partial charge in [0.2, 0.25) is 0 Å². The molecular weight excluding hydrogens is 381 g/mol. The number of halogens is 2. The molecule has 1 aromatic carbocycles. The van der Waals surface area contributed by atoms with E-state index in [-0.39, 0.29) is 11.9 Å². The molecule has 0 fully saturated rings. The number of carbonyl (C=O) groups is 1. The monoisotopic (exact) mass is 391 g/mol. The van der Waals surface area contributed by atoms with Gasteiger partial charge in [-0.1, -0.05) is 29.8 Å². The number of nitrogens with one attached hydrogen (secondary N) is 1. The first-order chi connectivity index (χ1) is 8.58. The standard InChI is InChI=1S/C13H11ClINOS/c1-8(10-4-2-3-5-11(10)14)16-13(17)9-6-12(15)18-7-9/h2-8H,1H3,(H,16,17). The van der Waals surface area contributed by atoms with Gasteiger partial charge >= 0.3 is 0 Å². The fourth-order valence-corrected chi connectivity index (χ4v) is 3.24. The number of carbonyl (C=O) groups excluding carboxylic acids is 1. The predicted octanol–water partition coefficient (Wildman–Crippen LogP) is 4.50. The maximum absolute atomic E-state index is 12.0. The lowest BCUT2D eigenvalue weighted by Gasteiger charge is -2.15. The van der Waals surface area contributed by atoms with Crippen LogP contribution in [-0.2, 0) is 0 Å². The normalized spacial score (nSPS) is 12.2. The molecule has 1 aromatic heterocycles. The minimum absolute atomic E-state index is 0.0680. The van der Waals surface area contributed by atoms with Gasteiger partial charge in [0.05, 0.1) is 14.5 Å². The van der Waals surface area contributed by atoms with Crippen LogP contribution in [0.15, 0.2) is 35.7 Å². The summed E-state index contributed by atoms with van der Waals surface area (Å²) in [5.74, 6) is -0.0680. The minimum atomic E-state index is -0.108. The van der Waals surface area contributed by atoms with E-state index in [1.165, 1.54) is 0 Å². The van der Waals surface area contributed by atoms with Crippen molar-refractivity contribution >= 4 is 51.4 Å². The van der Waals surface area contributed by atoms with Crippen LogP contribution in [0.25, 0.3) is 0 Å². The highest BCUT2D eigenvalue weighted by Crippen LogP contribution is 2.23. The number of thiophene rings is 1. The molecule has 2 rings (SSSR count). The Bertz CT molecular complexity index is 570. The molecule has 2 aromatic rings. The largest absolute Gasteiger partial charge is 0.345 e. The molecule has 0 aliphatic rings. The second-order valence-corrected chi connectivity index (χ2v) is 7.07. The van der Waals surface area contributed by atoms with Crippen LogP contribution in [0.1, 0.15) is 28.9 Å². The molecule has 1 N–H and O–H groups in total. The van der Waals surface area contributed by atoms with Crippen molar-refractivity contribution in [3.63, 3.8) is 0 Å². The second-order valence-electron chi connectivity index (χ2n) is 3.86. The number of benzene rings is 1. The molecule has 1 amide bonds. The van der Waals surface area contributed by atoms with Gasteiger partial charge in [-0.2, -0.15) is 0 Å². The third-order valence-electron chi connectivity index (χ3n) is 2.55. The lowest BCUT2D eigenvalue weighted by atomic mass is 10.1. The molecular formula is C13H11ClINOS. The zero-order valence-corrected chi connectivity index (χ0v) is 13.3. The maximum atomic E-state index is 12.0. The van der Waals surface area contributed by atoms with Crippen molar-refractivity contribution in [1.82, 2.24) is 5.32 Å². The van der Waals surface area contributed by atoms with Crippen LogP contribution in [0, 0.1) is 2.88 Å². The van der Waals surface area contributed by atoms with Gasteiger partial charge in [0.15, 0.2) is 0 Å². The Balaban J connectivity index is 2.10. The highest BCUT2D eigenvalue weighted by Gasteiger charge is 2.14. The predicted molar refractivity (Wildman–Crippen MR) is 84.4 cm³/mol. The summed E-state index contributed by atoms with van der Waals surface area (Å²) in [6.45, 7) is 1.93. The van der Waals surface area contributed by atoms with E-state index >= 15 is 0 Å². The van der Waals surface area contributed by atoms with Crippen LogP contribution in [-0.4, -0.2) is 5.91 Å². The number of hydrogen-bond acceptors (Lipinski definition) is 2. The third-order valence-corrected chi connectivity index (χ3v) is 4.68. The number of hydrogen-bond donors (Lipinski definition) is 1. The molecule has 0 bridgehead atoms. The van der Waals surface area contributed by atoms with E-state index in [4.69, 9.17) is 11.6 Å². The Morgan fingerprint density at radius 3 is 2.78 bits per heavy atom. The van der Waals surface area contributed by atoms with Gasteiger partial charge < -0.3 is 5.32 Å². The van der Waals surface area contributed by atoms with Crippen molar-refractivity contribution in [3.8, 4) is 0 Å². The van der Waals surface area contributed by atoms with Crippen molar-refractivity contribution < 1.29 is 4.79 Å². The van der Waals surface area contributed by atoms with E-state index in [1.54, 1.807) is 11.3 Å². The molecule has 1 atom stereocenters. The molecule has 0 aliphatic heterocycles. The molecule has 1 unspecified atom stereocenters. The van der Waals surface area contributed by atoms with E-state index < -0.39 is 0 Å². The molecule has 2 nitrogen and oxygen atoms in total. The summed E-state index contributed by atoms with van der Waals surface area (Å²) in [6, 6.07) is 9.31. The zero-order chi connectivity index (χ0) is 13.1. The molecule has 0 spiro atoms. The van der Waals surface area contributed by atoms with Gasteiger partial charge in [-0.25, -0.2) is 0 Å². The average Bonchev–Trinajstić information content (AvgIpc) is 2.76. The Hall–Kier alpha value is -0.590. The fraction of sp³-hybridized carbons (Fsp3) is 0.154. The Labute approximate surface area is 129 Å². The molecule has 1 heterocycles. The van der Waals surface area contributed by atoms with Crippen molar-refractivity contribution in [2.75, 3.05) is 0 Å². The average molecular weight is 392 g/mol. The number of amides is 1. The smallest absolute Gasteiger partial charge is 0.252 e. The summed E-state index contributed by atoms with van der Waals surface area (Å²) < 4.78 is 1.10. The summed E-state index contributed by atoms with van der Waals surface area (Å²) in [4.78, 5) is 12.0. The van der Waals surface area contributed by atoms with Crippen molar-refractivity contribution in [3.05, 3.63) is 54.7 Å². The van der Waals surface area contributed by atoms with Gasteiger partial charge in [-0.15, -0.1) is 11.3 Å². The summed E-state index contributed by atoms with van der Waals surface area (Å²) in [5.41, 5.74) is 1.63. The van der Waals surface area contributed by atoms with Crippen molar-refractivity contribution in [2.45, 2.75) is 13.0 Å². The molecule has 0 radical (unpaired) electrons. The van der Waals surface area contributed by atoms with Crippen LogP contribution in [0.4, 0.5) is 0 Å². The van der Waals surface area contributed by atoms with E-state index in [2.05, 4.69) is 27.9 Å². The van der Waals surface area contributed by atoms with Crippen LogP contribution in [0.5, 0.6) is 0 Å². The summed E-state index contributed by atoms with van der Waals surface area (Å²) in [6.07, 6.45) is 0. The van der Waals surface area contributed by atoms with E-state index in [9.17, 15) is 4.79 Å². The summed E-state index contributed by atoms with van der Waals surface area (Å²) in [5, 5.41) is 5.48. The Morgan fingerprint density at radius 2 is 2.17 bits per heavy atom. The lowest BCUT2D eigenvalue weighted by molar-refractivity contribution is 0.0940. The van der Waals surface area contributed by atoms with E-state index in [0.717, 1.165) is 8.45 Å². The van der Waals surface area contributed by atoms with Crippen LogP contribution in [0.3, 0.4) is 0 Å². The highest BCUT2D eigenvalue weighted by atomic mass is 127. The van der Waals surface area contributed by atoms with Gasteiger partial charge in [0, 0.05) is 10.4 Å². The van der Waals surface area contributed by atoms with Gasteiger partial charge in [-0.3, -0.25) is 4.79 Å². The minimum Gasteiger partial charge on any atom is -0.345 e. The summed E-state index contributed by atoms with van der Waals surface area (Å²) >= 11 is 9.86. The third kappa shape index (κ3) is 3.24. The Morgan fingerprint density at radius 1 is 1.44 bits per heavy atom. The second kappa shape index (κ2) is 6.04. The fourth-order valence-electron chi connectivity index (χ4n) is 1.61. The maximum Gasteiger partial charge on any atom is 0.252 e. The van der Waals surface area contributed by atoms with Crippen molar-refractivity contribution in [1.29, 1.82) is 0 Å². The van der Waals surface area contributed by atoms with E-state index in [0.29, 0.717) is 10.6 Å². The molecule has 0 saturated heterocycles. The molecule has 94 valence electrons. The molecule has 0 saturated carbocycles. The van der Waals surface area contributed by atoms with Crippen molar-refractivity contribution in [2.24, 2.45) is 0 Å². The SMILES string of the molecule is CC(NC(=O)c1csc(I)c1)c1ccccc1Cl. The van der Waals surface area contributed by atoms with Gasteiger partial charge in [-0.05, 0) is 47.2 Å².